The quantitative estimate of drug-likeness (QED) is 0.329. The number of hydrogen-bond acceptors (Lipinski definition) is 8. The van der Waals surface area contributed by atoms with Crippen LogP contribution in [0.5, 0.6) is 0 Å². The summed E-state index contributed by atoms with van der Waals surface area (Å²) in [5, 5.41) is 14.9. The number of nitrogen functional groups attached to an aromatic ring is 1. The first-order valence-electron chi connectivity index (χ1n) is 10.1. The molecule has 2 N–H and O–H groups in total. The lowest BCUT2D eigenvalue weighted by atomic mass is 10.1. The number of nitriles is 1. The lowest BCUT2D eigenvalue weighted by Gasteiger charge is -2.05. The molecule has 0 aliphatic carbocycles. The van der Waals surface area contributed by atoms with Crippen LogP contribution in [0.25, 0.3) is 6.08 Å². The second-order valence-corrected chi connectivity index (χ2v) is 8.84. The Kier molecular flexibility index (Phi) is 8.34. The average molecular weight is 519 g/mol. The van der Waals surface area contributed by atoms with E-state index in [0.717, 1.165) is 16.9 Å². The molecule has 2 heterocycles. The number of thiophene rings is 1. The van der Waals surface area contributed by atoms with E-state index in [1.165, 1.54) is 12.2 Å². The highest BCUT2D eigenvalue weighted by Gasteiger charge is 2.23. The molecule has 0 spiro atoms. The Hall–Kier alpha value is -3.32. The van der Waals surface area contributed by atoms with E-state index >= 15 is 0 Å². The number of rotatable bonds is 8. The Labute approximate surface area is 210 Å². The monoisotopic (exact) mass is 518 g/mol. The highest BCUT2D eigenvalue weighted by Crippen LogP contribution is 2.32. The number of ether oxygens (including phenoxy) is 2. The SMILES string of the molecule is CCOC(=O)c1sc(N)c(C#N)c1COC(=O)C=Cc1c(C)nn(Cc2ccc(Cl)cc2)c1Cl. The van der Waals surface area contributed by atoms with Crippen LogP contribution in [0, 0.1) is 18.3 Å². The summed E-state index contributed by atoms with van der Waals surface area (Å²) in [6.07, 6.45) is 2.71. The van der Waals surface area contributed by atoms with Crippen LogP contribution in [0.3, 0.4) is 0 Å². The number of aromatic nitrogens is 2. The van der Waals surface area contributed by atoms with E-state index in [1.807, 2.05) is 18.2 Å². The molecule has 176 valence electrons. The fourth-order valence-electron chi connectivity index (χ4n) is 3.07. The van der Waals surface area contributed by atoms with Gasteiger partial charge in [-0.05, 0) is 37.6 Å². The van der Waals surface area contributed by atoms with Crippen LogP contribution in [0.15, 0.2) is 30.3 Å². The maximum absolute atomic E-state index is 12.3. The van der Waals surface area contributed by atoms with Gasteiger partial charge >= 0.3 is 11.9 Å². The van der Waals surface area contributed by atoms with E-state index in [9.17, 15) is 14.9 Å². The third kappa shape index (κ3) is 5.78. The van der Waals surface area contributed by atoms with Gasteiger partial charge < -0.3 is 15.2 Å². The van der Waals surface area contributed by atoms with Crippen molar-refractivity contribution in [3.8, 4) is 6.07 Å². The van der Waals surface area contributed by atoms with Crippen molar-refractivity contribution >= 4 is 57.6 Å². The van der Waals surface area contributed by atoms with Crippen LogP contribution >= 0.6 is 34.5 Å². The lowest BCUT2D eigenvalue weighted by molar-refractivity contribution is -0.138. The summed E-state index contributed by atoms with van der Waals surface area (Å²) in [6, 6.07) is 9.25. The molecule has 0 atom stereocenters. The molecule has 2 aromatic heterocycles. The molecule has 0 amide bonds. The number of anilines is 1. The largest absolute Gasteiger partial charge is 0.462 e. The molecule has 0 bridgehead atoms. The second kappa shape index (κ2) is 11.2. The molecule has 0 saturated carbocycles. The molecule has 8 nitrogen and oxygen atoms in total. The predicted molar refractivity (Wildman–Crippen MR) is 131 cm³/mol. The molecule has 3 rings (SSSR count). The summed E-state index contributed by atoms with van der Waals surface area (Å²) in [7, 11) is 0. The minimum Gasteiger partial charge on any atom is -0.462 e. The summed E-state index contributed by atoms with van der Waals surface area (Å²) >= 11 is 13.3. The molecule has 0 aliphatic heterocycles. The maximum Gasteiger partial charge on any atom is 0.348 e. The summed E-state index contributed by atoms with van der Waals surface area (Å²) in [4.78, 5) is 24.6. The first-order valence-corrected chi connectivity index (χ1v) is 11.6. The molecular weight excluding hydrogens is 499 g/mol. The van der Waals surface area contributed by atoms with Crippen molar-refractivity contribution in [3.63, 3.8) is 0 Å². The number of esters is 2. The topological polar surface area (TPSA) is 120 Å². The second-order valence-electron chi connectivity index (χ2n) is 7.00. The van der Waals surface area contributed by atoms with E-state index in [1.54, 1.807) is 30.7 Å². The summed E-state index contributed by atoms with van der Waals surface area (Å²) in [5.41, 5.74) is 8.30. The molecular formula is C23H20Cl2N4O4S. The molecule has 0 fully saturated rings. The van der Waals surface area contributed by atoms with Gasteiger partial charge in [0.1, 0.15) is 27.7 Å². The van der Waals surface area contributed by atoms with Crippen LogP contribution in [0.1, 0.15) is 44.5 Å². The van der Waals surface area contributed by atoms with Gasteiger partial charge in [0, 0.05) is 22.2 Å². The van der Waals surface area contributed by atoms with Gasteiger partial charge in [0.2, 0.25) is 0 Å². The van der Waals surface area contributed by atoms with Crippen molar-refractivity contribution in [2.24, 2.45) is 0 Å². The zero-order valence-electron chi connectivity index (χ0n) is 18.3. The highest BCUT2D eigenvalue weighted by atomic mass is 35.5. The van der Waals surface area contributed by atoms with Gasteiger partial charge in [0.05, 0.1) is 24.4 Å². The van der Waals surface area contributed by atoms with Crippen molar-refractivity contribution < 1.29 is 19.1 Å². The number of nitrogens with zero attached hydrogens (tertiary/aromatic N) is 3. The minimum atomic E-state index is -0.690. The van der Waals surface area contributed by atoms with Crippen molar-refractivity contribution in [1.29, 1.82) is 5.26 Å². The van der Waals surface area contributed by atoms with Gasteiger partial charge in [-0.3, -0.25) is 0 Å². The fourth-order valence-corrected chi connectivity index (χ4v) is 4.41. The van der Waals surface area contributed by atoms with Gasteiger partial charge in [0.25, 0.3) is 0 Å². The van der Waals surface area contributed by atoms with Crippen molar-refractivity contribution in [2.75, 3.05) is 12.3 Å². The fraction of sp³-hybridized carbons (Fsp3) is 0.217. The van der Waals surface area contributed by atoms with Gasteiger partial charge in [-0.2, -0.15) is 10.4 Å². The van der Waals surface area contributed by atoms with E-state index in [4.69, 9.17) is 38.4 Å². The standard InChI is InChI=1S/C23H20Cl2N4O4S/c1-3-32-23(31)20-18(17(10-26)22(27)34-20)12-33-19(30)9-8-16-13(2)28-29(21(16)25)11-14-4-6-15(24)7-5-14/h4-9H,3,11-12,27H2,1-2H3. The molecule has 0 radical (unpaired) electrons. The van der Waals surface area contributed by atoms with Crippen LogP contribution in [-0.4, -0.2) is 28.3 Å². The Morgan fingerprint density at radius 1 is 1.26 bits per heavy atom. The Bertz CT molecular complexity index is 1290. The smallest absolute Gasteiger partial charge is 0.348 e. The van der Waals surface area contributed by atoms with Crippen molar-refractivity contribution in [3.05, 3.63) is 73.3 Å². The number of carbonyl (C=O) groups excluding carboxylic acids is 2. The maximum atomic E-state index is 12.3. The molecule has 0 aliphatic rings. The number of hydrogen-bond donors (Lipinski definition) is 1. The van der Waals surface area contributed by atoms with Crippen LogP contribution < -0.4 is 5.73 Å². The first kappa shape index (κ1) is 25.3. The van der Waals surface area contributed by atoms with Gasteiger partial charge in [-0.25, -0.2) is 14.3 Å². The first-order chi connectivity index (χ1) is 16.2. The number of carbonyl (C=O) groups is 2. The number of halogens is 2. The predicted octanol–water partition coefficient (Wildman–Crippen LogP) is 5.00. The molecule has 34 heavy (non-hydrogen) atoms. The minimum absolute atomic E-state index is 0.0900. The molecule has 1 aromatic carbocycles. The number of nitrogens with two attached hydrogens (primary N) is 1. The third-order valence-corrected chi connectivity index (χ3v) is 6.40. The Morgan fingerprint density at radius 2 is 1.97 bits per heavy atom. The van der Waals surface area contributed by atoms with Gasteiger partial charge in [-0.15, -0.1) is 11.3 Å². The van der Waals surface area contributed by atoms with Crippen molar-refractivity contribution in [2.45, 2.75) is 27.0 Å². The lowest BCUT2D eigenvalue weighted by Crippen LogP contribution is -2.08. The zero-order valence-corrected chi connectivity index (χ0v) is 20.6. The molecule has 0 unspecified atom stereocenters. The molecule has 3 aromatic rings. The third-order valence-electron chi connectivity index (χ3n) is 4.71. The number of aryl methyl sites for hydroxylation is 1. The number of benzene rings is 1. The van der Waals surface area contributed by atoms with E-state index in [-0.39, 0.29) is 34.2 Å². The Balaban J connectivity index is 1.72. The van der Waals surface area contributed by atoms with Crippen molar-refractivity contribution in [1.82, 2.24) is 9.78 Å². The van der Waals surface area contributed by atoms with Gasteiger partial charge in [0.15, 0.2) is 0 Å². The van der Waals surface area contributed by atoms with E-state index < -0.39 is 11.9 Å². The summed E-state index contributed by atoms with van der Waals surface area (Å²) < 4.78 is 11.9. The van der Waals surface area contributed by atoms with Crippen LogP contribution in [-0.2, 0) is 27.4 Å². The van der Waals surface area contributed by atoms with Crippen LogP contribution in [0.2, 0.25) is 10.2 Å². The average Bonchev–Trinajstić information content (AvgIpc) is 3.27. The van der Waals surface area contributed by atoms with Crippen LogP contribution in [0.4, 0.5) is 5.00 Å². The normalized spacial score (nSPS) is 10.9. The zero-order chi connectivity index (χ0) is 24.8. The van der Waals surface area contributed by atoms with E-state index in [0.29, 0.717) is 28.0 Å². The summed E-state index contributed by atoms with van der Waals surface area (Å²) in [5.74, 6) is -1.32. The van der Waals surface area contributed by atoms with Gasteiger partial charge in [-0.1, -0.05) is 35.3 Å². The highest BCUT2D eigenvalue weighted by molar-refractivity contribution is 7.18. The summed E-state index contributed by atoms with van der Waals surface area (Å²) in [6.45, 7) is 3.72. The van der Waals surface area contributed by atoms with E-state index in [2.05, 4.69) is 5.10 Å². The molecule has 11 heteroatoms. The Morgan fingerprint density at radius 3 is 2.62 bits per heavy atom. The molecule has 0 saturated heterocycles.